The van der Waals surface area contributed by atoms with Crippen molar-refractivity contribution >= 4 is 23.2 Å². The first kappa shape index (κ1) is 24.5. The molecule has 0 fully saturated rings. The fraction of sp³-hybridized carbons (Fsp3) is 0.259. The summed E-state index contributed by atoms with van der Waals surface area (Å²) in [5.41, 5.74) is 1.38. The molecule has 4 rings (SSSR count). The van der Waals surface area contributed by atoms with Crippen LogP contribution in [-0.4, -0.2) is 55.0 Å². The van der Waals surface area contributed by atoms with E-state index in [2.05, 4.69) is 6.58 Å². The lowest BCUT2D eigenvalue weighted by atomic mass is 10.0. The molecule has 0 radical (unpaired) electrons. The van der Waals surface area contributed by atoms with Gasteiger partial charge in [-0.25, -0.2) is 4.39 Å². The molecule has 1 aromatic heterocycles. The predicted octanol–water partition coefficient (Wildman–Crippen LogP) is 4.73. The van der Waals surface area contributed by atoms with Crippen LogP contribution in [-0.2, 0) is 11.2 Å². The van der Waals surface area contributed by atoms with Crippen molar-refractivity contribution in [2.75, 3.05) is 33.4 Å². The molecule has 2 heterocycles. The van der Waals surface area contributed by atoms with Crippen molar-refractivity contribution in [3.05, 3.63) is 94.5 Å². The van der Waals surface area contributed by atoms with E-state index in [9.17, 15) is 14.0 Å². The number of thiophene rings is 1. The van der Waals surface area contributed by atoms with Gasteiger partial charge < -0.3 is 19.3 Å². The van der Waals surface area contributed by atoms with E-state index in [0.717, 1.165) is 12.0 Å². The van der Waals surface area contributed by atoms with E-state index in [1.54, 1.807) is 35.5 Å². The molecular weight excluding hydrogens is 467 g/mol. The Hall–Kier alpha value is -3.65. The number of amides is 2. The Labute approximate surface area is 208 Å². The van der Waals surface area contributed by atoms with Crippen LogP contribution in [0.1, 0.15) is 26.8 Å². The topological polar surface area (TPSA) is 59.1 Å². The molecule has 0 N–H and O–H groups in total. The van der Waals surface area contributed by atoms with Gasteiger partial charge in [0.05, 0.1) is 13.2 Å². The zero-order valence-electron chi connectivity index (χ0n) is 19.5. The third-order valence-electron chi connectivity index (χ3n) is 5.92. The van der Waals surface area contributed by atoms with Gasteiger partial charge in [0.2, 0.25) is 5.91 Å². The Morgan fingerprint density at radius 3 is 2.71 bits per heavy atom. The van der Waals surface area contributed by atoms with Gasteiger partial charge in [0, 0.05) is 29.6 Å². The normalized spacial score (nSPS) is 14.7. The van der Waals surface area contributed by atoms with Gasteiger partial charge in [0.25, 0.3) is 5.91 Å². The highest BCUT2D eigenvalue weighted by Crippen LogP contribution is 2.34. The molecular formula is C27H27FN2O4S. The fourth-order valence-electron chi connectivity index (χ4n) is 4.14. The highest BCUT2D eigenvalue weighted by Gasteiger charge is 2.33. The molecule has 0 saturated heterocycles. The van der Waals surface area contributed by atoms with Crippen LogP contribution in [0.25, 0.3) is 0 Å². The zero-order chi connectivity index (χ0) is 24.8. The predicted molar refractivity (Wildman–Crippen MR) is 133 cm³/mol. The summed E-state index contributed by atoms with van der Waals surface area (Å²) >= 11 is 1.67. The minimum absolute atomic E-state index is 0.114. The molecule has 0 aliphatic carbocycles. The molecule has 35 heavy (non-hydrogen) atoms. The van der Waals surface area contributed by atoms with Crippen molar-refractivity contribution in [3.8, 4) is 11.5 Å². The van der Waals surface area contributed by atoms with Gasteiger partial charge in [-0.1, -0.05) is 12.1 Å². The molecule has 1 aliphatic rings. The van der Waals surface area contributed by atoms with Crippen LogP contribution in [0.2, 0.25) is 0 Å². The van der Waals surface area contributed by atoms with Gasteiger partial charge >= 0.3 is 0 Å². The van der Waals surface area contributed by atoms with E-state index in [0.29, 0.717) is 23.6 Å². The van der Waals surface area contributed by atoms with E-state index in [4.69, 9.17) is 9.47 Å². The standard InChI is InChI=1S/C27H27FN2O4S/c1-3-13-29(27(32)19-7-9-20(28)10-8-19)17-26(31)30-14-11-25-23(12-15-35-25)24(30)18-34-22-6-4-5-21(16-22)33-2/h3-10,12,15-16,24H,1,11,13-14,17-18H2,2H3/t24-/m0/s1. The number of hydrogen-bond acceptors (Lipinski definition) is 5. The second-order valence-electron chi connectivity index (χ2n) is 8.12. The maximum absolute atomic E-state index is 13.5. The number of carbonyl (C=O) groups excluding carboxylic acids is 2. The van der Waals surface area contributed by atoms with Crippen LogP contribution >= 0.6 is 11.3 Å². The van der Waals surface area contributed by atoms with Gasteiger partial charge in [-0.2, -0.15) is 0 Å². The lowest BCUT2D eigenvalue weighted by Crippen LogP contribution is -2.47. The molecule has 0 bridgehead atoms. The van der Waals surface area contributed by atoms with Gasteiger partial charge in [-0.15, -0.1) is 17.9 Å². The van der Waals surface area contributed by atoms with E-state index in [1.807, 2.05) is 29.6 Å². The summed E-state index contributed by atoms with van der Waals surface area (Å²) in [6, 6.07) is 14.4. The maximum Gasteiger partial charge on any atom is 0.254 e. The molecule has 2 aromatic carbocycles. The summed E-state index contributed by atoms with van der Waals surface area (Å²) in [6.07, 6.45) is 2.33. The summed E-state index contributed by atoms with van der Waals surface area (Å²) in [4.78, 5) is 31.0. The summed E-state index contributed by atoms with van der Waals surface area (Å²) < 4.78 is 24.7. The number of fused-ring (bicyclic) bond motifs is 1. The third kappa shape index (κ3) is 5.71. The number of carbonyl (C=O) groups is 2. The number of nitrogens with zero attached hydrogens (tertiary/aromatic N) is 2. The molecule has 0 unspecified atom stereocenters. The summed E-state index contributed by atoms with van der Waals surface area (Å²) in [5, 5.41) is 2.03. The Morgan fingerprint density at radius 1 is 1.20 bits per heavy atom. The van der Waals surface area contributed by atoms with Crippen LogP contribution in [0.5, 0.6) is 11.5 Å². The molecule has 0 spiro atoms. The number of halogens is 1. The largest absolute Gasteiger partial charge is 0.497 e. The summed E-state index contributed by atoms with van der Waals surface area (Å²) in [6.45, 7) is 4.61. The highest BCUT2D eigenvalue weighted by atomic mass is 32.1. The lowest BCUT2D eigenvalue weighted by molar-refractivity contribution is -0.135. The van der Waals surface area contributed by atoms with Gasteiger partial charge in [0.1, 0.15) is 30.5 Å². The first-order valence-electron chi connectivity index (χ1n) is 11.3. The number of rotatable bonds is 9. The van der Waals surface area contributed by atoms with Crippen molar-refractivity contribution in [3.63, 3.8) is 0 Å². The number of benzene rings is 2. The monoisotopic (exact) mass is 494 g/mol. The number of ether oxygens (including phenoxy) is 2. The van der Waals surface area contributed by atoms with Gasteiger partial charge in [0.15, 0.2) is 0 Å². The van der Waals surface area contributed by atoms with Crippen LogP contribution in [0.15, 0.2) is 72.6 Å². The van der Waals surface area contributed by atoms with Crippen LogP contribution < -0.4 is 9.47 Å². The zero-order valence-corrected chi connectivity index (χ0v) is 20.3. The molecule has 2 amide bonds. The van der Waals surface area contributed by atoms with Crippen LogP contribution in [0, 0.1) is 5.82 Å². The van der Waals surface area contributed by atoms with Crippen LogP contribution in [0.3, 0.4) is 0 Å². The van der Waals surface area contributed by atoms with Crippen LogP contribution in [0.4, 0.5) is 4.39 Å². The third-order valence-corrected chi connectivity index (χ3v) is 6.91. The fourth-order valence-corrected chi connectivity index (χ4v) is 5.07. The molecule has 1 aliphatic heterocycles. The van der Waals surface area contributed by atoms with Gasteiger partial charge in [-0.05, 0) is 59.8 Å². The SMILES string of the molecule is C=CCN(CC(=O)N1CCc2sccc2[C@@H]1COc1cccc(OC)c1)C(=O)c1ccc(F)cc1. The first-order chi connectivity index (χ1) is 17.0. The lowest BCUT2D eigenvalue weighted by Gasteiger charge is -2.37. The van der Waals surface area contributed by atoms with Crippen molar-refractivity contribution < 1.29 is 23.5 Å². The minimum Gasteiger partial charge on any atom is -0.497 e. The summed E-state index contributed by atoms with van der Waals surface area (Å²) in [5.74, 6) is 0.384. The van der Waals surface area contributed by atoms with E-state index >= 15 is 0 Å². The molecule has 0 saturated carbocycles. The number of hydrogen-bond donors (Lipinski definition) is 0. The molecule has 6 nitrogen and oxygen atoms in total. The Bertz CT molecular complexity index is 1190. The maximum atomic E-state index is 13.5. The van der Waals surface area contributed by atoms with Crippen molar-refractivity contribution in [2.45, 2.75) is 12.5 Å². The molecule has 1 atom stereocenters. The smallest absolute Gasteiger partial charge is 0.254 e. The second-order valence-corrected chi connectivity index (χ2v) is 9.12. The average molecular weight is 495 g/mol. The van der Waals surface area contributed by atoms with Gasteiger partial charge in [-0.3, -0.25) is 9.59 Å². The Morgan fingerprint density at radius 2 is 1.97 bits per heavy atom. The Balaban J connectivity index is 1.52. The first-order valence-corrected chi connectivity index (χ1v) is 12.2. The molecule has 182 valence electrons. The highest BCUT2D eigenvalue weighted by molar-refractivity contribution is 7.10. The number of methoxy groups -OCH3 is 1. The quantitative estimate of drug-likeness (QED) is 0.404. The second kappa shape index (κ2) is 11.2. The average Bonchev–Trinajstić information content (AvgIpc) is 3.36. The minimum atomic E-state index is -0.424. The van der Waals surface area contributed by atoms with Crippen molar-refractivity contribution in [1.29, 1.82) is 0 Å². The van der Waals surface area contributed by atoms with Crippen molar-refractivity contribution in [2.24, 2.45) is 0 Å². The summed E-state index contributed by atoms with van der Waals surface area (Å²) in [7, 11) is 1.60. The Kier molecular flexibility index (Phi) is 7.82. The van der Waals surface area contributed by atoms with Crippen molar-refractivity contribution in [1.82, 2.24) is 9.80 Å². The van der Waals surface area contributed by atoms with E-state index in [-0.39, 0.29) is 37.6 Å². The van der Waals surface area contributed by atoms with E-state index in [1.165, 1.54) is 34.0 Å². The van der Waals surface area contributed by atoms with E-state index < -0.39 is 5.82 Å². The molecule has 3 aromatic rings. The molecule has 8 heteroatoms.